The number of carbonyl (C=O) groups is 1. The van der Waals surface area contributed by atoms with Crippen LogP contribution in [0.4, 0.5) is 0 Å². The van der Waals surface area contributed by atoms with Crippen molar-refractivity contribution in [2.45, 2.75) is 31.7 Å². The first kappa shape index (κ1) is 14.0. The lowest BCUT2D eigenvalue weighted by Crippen LogP contribution is -2.43. The number of nitrogens with zero attached hydrogens (tertiary/aromatic N) is 1. The lowest BCUT2D eigenvalue weighted by Gasteiger charge is -2.13. The number of carboxylic acids is 1. The van der Waals surface area contributed by atoms with Crippen molar-refractivity contribution in [3.8, 4) is 0 Å². The molecule has 3 N–H and O–H groups in total. The highest BCUT2D eigenvalue weighted by Gasteiger charge is 2.28. The van der Waals surface area contributed by atoms with E-state index in [1.165, 1.54) is 12.5 Å². The fourth-order valence-electron chi connectivity index (χ4n) is 1.80. The normalized spacial score (nSPS) is 17.3. The summed E-state index contributed by atoms with van der Waals surface area (Å²) in [6.07, 6.45) is 5.71. The Morgan fingerprint density at radius 2 is 2.32 bits per heavy atom. The van der Waals surface area contributed by atoms with E-state index in [1.807, 2.05) is 0 Å². The molecule has 1 fully saturated rings. The van der Waals surface area contributed by atoms with Gasteiger partial charge in [-0.25, -0.2) is 18.1 Å². The van der Waals surface area contributed by atoms with Crippen molar-refractivity contribution in [1.82, 2.24) is 14.7 Å². The Bertz CT molecular complexity index is 522. The molecule has 0 amide bonds. The van der Waals surface area contributed by atoms with Crippen LogP contribution in [0.5, 0.6) is 0 Å². The summed E-state index contributed by atoms with van der Waals surface area (Å²) in [6.45, 7) is 0. The number of aromatic nitrogens is 2. The first-order valence-electron chi connectivity index (χ1n) is 6.16. The van der Waals surface area contributed by atoms with Crippen LogP contribution in [-0.4, -0.2) is 41.3 Å². The number of H-pyrrole nitrogens is 1. The third kappa shape index (κ3) is 4.64. The van der Waals surface area contributed by atoms with Crippen molar-refractivity contribution in [2.75, 3.05) is 5.75 Å². The third-order valence-corrected chi connectivity index (χ3v) is 4.51. The van der Waals surface area contributed by atoms with Gasteiger partial charge in [-0.1, -0.05) is 12.8 Å². The van der Waals surface area contributed by atoms with Gasteiger partial charge >= 0.3 is 5.97 Å². The molecular weight excluding hydrogens is 270 g/mol. The van der Waals surface area contributed by atoms with Crippen LogP contribution in [0.3, 0.4) is 0 Å². The highest BCUT2D eigenvalue weighted by molar-refractivity contribution is 7.89. The molecule has 0 saturated heterocycles. The van der Waals surface area contributed by atoms with Crippen LogP contribution in [-0.2, 0) is 21.2 Å². The van der Waals surface area contributed by atoms with Gasteiger partial charge in [-0.15, -0.1) is 0 Å². The van der Waals surface area contributed by atoms with E-state index in [0.29, 0.717) is 18.0 Å². The zero-order valence-electron chi connectivity index (χ0n) is 10.4. The third-order valence-electron chi connectivity index (χ3n) is 3.09. The number of aliphatic carboxylic acids is 1. The number of rotatable bonds is 8. The SMILES string of the molecule is O=C(O)[C@H](Cc1cnc[nH]1)NS(=O)(=O)CCC1CC1. The van der Waals surface area contributed by atoms with Crippen LogP contribution in [0.2, 0.25) is 0 Å². The van der Waals surface area contributed by atoms with Crippen LogP contribution in [0.25, 0.3) is 0 Å². The van der Waals surface area contributed by atoms with Crippen LogP contribution >= 0.6 is 0 Å². The fourth-order valence-corrected chi connectivity index (χ4v) is 3.18. The predicted octanol–water partition coefficient (Wildman–Crippen LogP) is 0.125. The molecule has 1 heterocycles. The Morgan fingerprint density at radius 3 is 2.84 bits per heavy atom. The van der Waals surface area contributed by atoms with Gasteiger partial charge in [-0.3, -0.25) is 4.79 Å². The van der Waals surface area contributed by atoms with Crippen molar-refractivity contribution in [2.24, 2.45) is 5.92 Å². The lowest BCUT2D eigenvalue weighted by molar-refractivity contribution is -0.138. The smallest absolute Gasteiger partial charge is 0.322 e. The molecule has 1 aliphatic carbocycles. The number of hydrogen-bond donors (Lipinski definition) is 3. The number of aromatic amines is 1. The summed E-state index contributed by atoms with van der Waals surface area (Å²) in [4.78, 5) is 17.6. The maximum Gasteiger partial charge on any atom is 0.322 e. The van der Waals surface area contributed by atoms with Gasteiger partial charge in [0, 0.05) is 18.3 Å². The molecule has 8 heteroatoms. The quantitative estimate of drug-likeness (QED) is 0.629. The molecule has 2 rings (SSSR count). The largest absolute Gasteiger partial charge is 0.480 e. The molecule has 0 spiro atoms. The molecular formula is C11H17N3O4S. The number of sulfonamides is 1. The average molecular weight is 287 g/mol. The lowest BCUT2D eigenvalue weighted by atomic mass is 10.2. The minimum atomic E-state index is -3.55. The van der Waals surface area contributed by atoms with Crippen LogP contribution in [0, 0.1) is 5.92 Å². The zero-order chi connectivity index (χ0) is 13.9. The summed E-state index contributed by atoms with van der Waals surface area (Å²) in [5.41, 5.74) is 0.581. The highest BCUT2D eigenvalue weighted by Crippen LogP contribution is 2.32. The molecule has 0 aliphatic heterocycles. The maximum absolute atomic E-state index is 11.8. The van der Waals surface area contributed by atoms with Crippen LogP contribution in [0.1, 0.15) is 25.0 Å². The number of carboxylic acid groups (broad SMARTS) is 1. The summed E-state index contributed by atoms with van der Waals surface area (Å²) in [5, 5.41) is 9.06. The summed E-state index contributed by atoms with van der Waals surface area (Å²) < 4.78 is 25.9. The zero-order valence-corrected chi connectivity index (χ0v) is 11.2. The van der Waals surface area contributed by atoms with Gasteiger partial charge in [0.1, 0.15) is 6.04 Å². The number of imidazole rings is 1. The van der Waals surface area contributed by atoms with Crippen molar-refractivity contribution in [3.63, 3.8) is 0 Å². The van der Waals surface area contributed by atoms with Gasteiger partial charge in [0.2, 0.25) is 10.0 Å². The number of nitrogens with one attached hydrogen (secondary N) is 2. The molecule has 1 aromatic heterocycles. The minimum Gasteiger partial charge on any atom is -0.480 e. The minimum absolute atomic E-state index is 0.00950. The molecule has 1 aliphatic rings. The van der Waals surface area contributed by atoms with E-state index in [4.69, 9.17) is 5.11 Å². The van der Waals surface area contributed by atoms with Crippen LogP contribution < -0.4 is 4.72 Å². The molecule has 0 bridgehead atoms. The van der Waals surface area contributed by atoms with Gasteiger partial charge in [0.05, 0.1) is 12.1 Å². The topological polar surface area (TPSA) is 112 Å². The van der Waals surface area contributed by atoms with E-state index in [-0.39, 0.29) is 12.2 Å². The highest BCUT2D eigenvalue weighted by atomic mass is 32.2. The van der Waals surface area contributed by atoms with Crippen molar-refractivity contribution in [1.29, 1.82) is 0 Å². The molecule has 1 aromatic rings. The standard InChI is InChI=1S/C11H17N3O4S/c15-11(16)10(5-9-6-12-7-13-9)14-19(17,18)4-3-8-1-2-8/h6-8,10,14H,1-5H2,(H,12,13)(H,15,16)/t10-/m0/s1. The molecule has 0 aromatic carbocycles. The maximum atomic E-state index is 11.8. The first-order chi connectivity index (χ1) is 8.96. The first-order valence-corrected chi connectivity index (χ1v) is 7.81. The van der Waals surface area contributed by atoms with Crippen LogP contribution in [0.15, 0.2) is 12.5 Å². The fraction of sp³-hybridized carbons (Fsp3) is 0.636. The molecule has 0 radical (unpaired) electrons. The summed E-state index contributed by atoms with van der Waals surface area (Å²) in [6, 6.07) is -1.16. The summed E-state index contributed by atoms with van der Waals surface area (Å²) >= 11 is 0. The second-order valence-electron chi connectivity index (χ2n) is 4.84. The molecule has 19 heavy (non-hydrogen) atoms. The Morgan fingerprint density at radius 1 is 1.58 bits per heavy atom. The van der Waals surface area contributed by atoms with Gasteiger partial charge < -0.3 is 10.1 Å². The van der Waals surface area contributed by atoms with E-state index >= 15 is 0 Å². The van der Waals surface area contributed by atoms with E-state index in [0.717, 1.165) is 12.8 Å². The predicted molar refractivity (Wildman–Crippen MR) is 68.0 cm³/mol. The number of hydrogen-bond acceptors (Lipinski definition) is 4. The van der Waals surface area contributed by atoms with E-state index in [2.05, 4.69) is 14.7 Å². The second-order valence-corrected chi connectivity index (χ2v) is 6.71. The van der Waals surface area contributed by atoms with Gasteiger partial charge in [0.15, 0.2) is 0 Å². The second kappa shape index (κ2) is 5.70. The molecule has 1 atom stereocenters. The summed E-state index contributed by atoms with van der Waals surface area (Å²) in [5.74, 6) is -0.707. The van der Waals surface area contributed by atoms with Crippen molar-refractivity contribution < 1.29 is 18.3 Å². The average Bonchev–Trinajstić information content (AvgIpc) is 3.03. The van der Waals surface area contributed by atoms with E-state index in [9.17, 15) is 13.2 Å². The molecule has 106 valence electrons. The molecule has 7 nitrogen and oxygen atoms in total. The molecule has 0 unspecified atom stereocenters. The van der Waals surface area contributed by atoms with Crippen molar-refractivity contribution in [3.05, 3.63) is 18.2 Å². The van der Waals surface area contributed by atoms with Gasteiger partial charge in [-0.05, 0) is 12.3 Å². The Kier molecular flexibility index (Phi) is 4.20. The summed E-state index contributed by atoms with van der Waals surface area (Å²) in [7, 11) is -3.55. The van der Waals surface area contributed by atoms with Crippen molar-refractivity contribution >= 4 is 16.0 Å². The van der Waals surface area contributed by atoms with E-state index < -0.39 is 22.0 Å². The van der Waals surface area contributed by atoms with Gasteiger partial charge in [0.25, 0.3) is 0 Å². The molecule has 1 saturated carbocycles. The Labute approximate surface area is 111 Å². The monoisotopic (exact) mass is 287 g/mol. The Hall–Kier alpha value is -1.41. The van der Waals surface area contributed by atoms with E-state index in [1.54, 1.807) is 0 Å². The Balaban J connectivity index is 1.93. The van der Waals surface area contributed by atoms with Gasteiger partial charge in [-0.2, -0.15) is 0 Å².